The molecule has 0 spiro atoms. The van der Waals surface area contributed by atoms with E-state index in [-0.39, 0.29) is 32.3 Å². The standard InChI is InChI=1S/C63H84O10SSi/c1-46(2)75(47(3)4,48(5)6)73-61-38-57(68-43-51-28-17-10-18-29-51)59(45-66-41-49-24-13-8-14-25-49)72-63(61,7)60(69-44-52-30-19-11-20-31-52)39-62(74-53-32-21-12-22-33-53)71-55-35-23-34-54(58(40-65)70-56(55)36-37-64)67-42-50-26-15-9-16-27-50/h8-33,35,46-48,54-62,64-65H,34,36-45H2,1-7H3/b35-23-/t54-,55+,56-,57+,58+,59-,60-,61-,62?,63+/m1/s1. The maximum absolute atomic E-state index is 10.8. The Hall–Kier alpha value is -3.99. The summed E-state index contributed by atoms with van der Waals surface area (Å²) in [5.41, 5.74) is 3.55. The topological polar surface area (TPSA) is 114 Å². The first-order chi connectivity index (χ1) is 36.4. The summed E-state index contributed by atoms with van der Waals surface area (Å²) in [4.78, 5) is 1.02. The van der Waals surface area contributed by atoms with Gasteiger partial charge in [-0.25, -0.2) is 0 Å². The number of thioether (sulfide) groups is 1. The van der Waals surface area contributed by atoms with Crippen molar-refractivity contribution in [3.8, 4) is 0 Å². The molecule has 0 amide bonds. The van der Waals surface area contributed by atoms with Gasteiger partial charge >= 0.3 is 0 Å². The van der Waals surface area contributed by atoms with Crippen LogP contribution in [0.4, 0.5) is 0 Å². The van der Waals surface area contributed by atoms with Crippen LogP contribution < -0.4 is 0 Å². The minimum atomic E-state index is -2.59. The average Bonchev–Trinajstić information content (AvgIpc) is 3.41. The summed E-state index contributed by atoms with van der Waals surface area (Å²) < 4.78 is 57.2. The molecule has 12 heteroatoms. The van der Waals surface area contributed by atoms with Gasteiger partial charge in [-0.2, -0.15) is 0 Å². The zero-order valence-corrected chi connectivity index (χ0v) is 47.2. The summed E-state index contributed by atoms with van der Waals surface area (Å²) in [6.45, 7) is 17.6. The van der Waals surface area contributed by atoms with Crippen molar-refractivity contribution in [3.63, 3.8) is 0 Å². The van der Waals surface area contributed by atoms with Crippen molar-refractivity contribution in [2.45, 2.75) is 182 Å². The molecule has 75 heavy (non-hydrogen) atoms. The Morgan fingerprint density at radius 1 is 0.627 bits per heavy atom. The lowest BCUT2D eigenvalue weighted by Gasteiger charge is -2.55. The van der Waals surface area contributed by atoms with Gasteiger partial charge in [-0.1, -0.05) is 205 Å². The van der Waals surface area contributed by atoms with Crippen molar-refractivity contribution >= 4 is 20.1 Å². The number of aliphatic hydroxyl groups is 2. The van der Waals surface area contributed by atoms with E-state index < -0.39 is 62.1 Å². The van der Waals surface area contributed by atoms with Gasteiger partial charge in [0.25, 0.3) is 0 Å². The fourth-order valence-electron chi connectivity index (χ4n) is 11.1. The Kier molecular flexibility index (Phi) is 23.2. The molecule has 0 saturated carbocycles. The Balaban J connectivity index is 1.29. The van der Waals surface area contributed by atoms with E-state index in [2.05, 4.69) is 103 Å². The van der Waals surface area contributed by atoms with Gasteiger partial charge in [-0.15, -0.1) is 0 Å². The van der Waals surface area contributed by atoms with Gasteiger partial charge in [0.15, 0.2) is 0 Å². The van der Waals surface area contributed by atoms with Gasteiger partial charge in [0.2, 0.25) is 8.32 Å². The summed E-state index contributed by atoms with van der Waals surface area (Å²) in [6.07, 6.45) is 1.69. The second-order valence-electron chi connectivity index (χ2n) is 21.2. The number of aliphatic hydroxyl groups excluding tert-OH is 2. The highest BCUT2D eigenvalue weighted by Crippen LogP contribution is 2.49. The number of benzene rings is 5. The van der Waals surface area contributed by atoms with E-state index in [1.165, 1.54) is 0 Å². The van der Waals surface area contributed by atoms with E-state index >= 15 is 0 Å². The molecule has 0 radical (unpaired) electrons. The zero-order valence-electron chi connectivity index (χ0n) is 45.4. The van der Waals surface area contributed by atoms with E-state index in [0.717, 1.165) is 27.1 Å². The minimum Gasteiger partial charge on any atom is -0.410 e. The lowest BCUT2D eigenvalue weighted by molar-refractivity contribution is -0.277. The van der Waals surface area contributed by atoms with E-state index in [1.54, 1.807) is 11.8 Å². The van der Waals surface area contributed by atoms with Crippen molar-refractivity contribution in [3.05, 3.63) is 186 Å². The van der Waals surface area contributed by atoms with E-state index in [1.807, 2.05) is 109 Å². The molecule has 0 bridgehead atoms. The monoisotopic (exact) mass is 1060 g/mol. The molecule has 406 valence electrons. The lowest BCUT2D eigenvalue weighted by atomic mass is 9.82. The quantitative estimate of drug-likeness (QED) is 0.0216. The van der Waals surface area contributed by atoms with Crippen LogP contribution in [0.2, 0.25) is 16.6 Å². The van der Waals surface area contributed by atoms with Crippen molar-refractivity contribution in [2.24, 2.45) is 0 Å². The molecule has 2 heterocycles. The Morgan fingerprint density at radius 2 is 1.13 bits per heavy atom. The summed E-state index contributed by atoms with van der Waals surface area (Å²) >= 11 is 1.62. The van der Waals surface area contributed by atoms with Crippen LogP contribution in [0.25, 0.3) is 0 Å². The molecule has 2 aliphatic rings. The second kappa shape index (κ2) is 29.7. The van der Waals surface area contributed by atoms with Crippen LogP contribution in [-0.2, 0) is 64.0 Å². The number of ether oxygens (including phenoxy) is 7. The molecule has 0 aromatic heterocycles. The summed E-state index contributed by atoms with van der Waals surface area (Å²) in [5, 5.41) is 21.4. The van der Waals surface area contributed by atoms with Gasteiger partial charge in [-0.05, 0) is 70.8 Å². The molecule has 10 atom stereocenters. The molecule has 1 saturated heterocycles. The average molecular weight is 1060 g/mol. The van der Waals surface area contributed by atoms with Gasteiger partial charge in [0.05, 0.1) is 70.2 Å². The van der Waals surface area contributed by atoms with Crippen LogP contribution in [0.1, 0.15) is 96.4 Å². The third-order valence-corrected chi connectivity index (χ3v) is 22.3. The molecular formula is C63H84O10SSi. The van der Waals surface area contributed by atoms with Crippen molar-refractivity contribution < 1.29 is 47.8 Å². The van der Waals surface area contributed by atoms with Gasteiger partial charge in [0.1, 0.15) is 29.3 Å². The van der Waals surface area contributed by atoms with Crippen molar-refractivity contribution in [2.75, 3.05) is 19.8 Å². The molecule has 1 fully saturated rings. The molecular weight excluding hydrogens is 977 g/mol. The summed E-state index contributed by atoms with van der Waals surface area (Å²) in [7, 11) is -2.59. The molecule has 1 unspecified atom stereocenters. The highest BCUT2D eigenvalue weighted by atomic mass is 32.2. The predicted octanol–water partition coefficient (Wildman–Crippen LogP) is 13.0. The van der Waals surface area contributed by atoms with Crippen LogP contribution >= 0.6 is 11.8 Å². The van der Waals surface area contributed by atoms with Crippen molar-refractivity contribution in [1.82, 2.24) is 0 Å². The third kappa shape index (κ3) is 16.5. The third-order valence-electron chi connectivity index (χ3n) is 15.0. The highest BCUT2D eigenvalue weighted by molar-refractivity contribution is 7.99. The fourth-order valence-corrected chi connectivity index (χ4v) is 17.8. The van der Waals surface area contributed by atoms with Crippen LogP contribution in [0, 0.1) is 0 Å². The predicted molar refractivity (Wildman–Crippen MR) is 302 cm³/mol. The molecule has 5 aromatic rings. The first-order valence-corrected chi connectivity index (χ1v) is 30.3. The second-order valence-corrected chi connectivity index (χ2v) is 27.9. The molecule has 7 rings (SSSR count). The normalized spacial score (nSPS) is 24.7. The van der Waals surface area contributed by atoms with Crippen LogP contribution in [0.15, 0.2) is 169 Å². The van der Waals surface area contributed by atoms with Gasteiger partial charge < -0.3 is 47.8 Å². The summed E-state index contributed by atoms with van der Waals surface area (Å²) in [6, 6.07) is 51.1. The van der Waals surface area contributed by atoms with Crippen LogP contribution in [0.5, 0.6) is 0 Å². The maximum atomic E-state index is 10.8. The number of hydrogen-bond acceptors (Lipinski definition) is 11. The molecule has 2 aliphatic heterocycles. The largest absolute Gasteiger partial charge is 0.410 e. The Labute approximate surface area is 453 Å². The van der Waals surface area contributed by atoms with Crippen molar-refractivity contribution in [1.29, 1.82) is 0 Å². The van der Waals surface area contributed by atoms with Crippen LogP contribution in [0.3, 0.4) is 0 Å². The van der Waals surface area contributed by atoms with Gasteiger partial charge in [-0.3, -0.25) is 0 Å². The molecule has 10 nitrogen and oxygen atoms in total. The molecule has 2 N–H and O–H groups in total. The lowest BCUT2D eigenvalue weighted by Crippen LogP contribution is -2.66. The molecule has 5 aromatic carbocycles. The number of rotatable bonds is 28. The van der Waals surface area contributed by atoms with E-state index in [4.69, 9.17) is 37.6 Å². The summed E-state index contributed by atoms with van der Waals surface area (Å²) in [5.74, 6) is 0. The minimum absolute atomic E-state index is 0.134. The van der Waals surface area contributed by atoms with E-state index in [0.29, 0.717) is 62.3 Å². The zero-order chi connectivity index (χ0) is 53.0. The maximum Gasteiger partial charge on any atom is 0.200 e. The van der Waals surface area contributed by atoms with Gasteiger partial charge in [0, 0.05) is 24.3 Å². The molecule has 0 aliphatic carbocycles. The Bertz CT molecular complexity index is 2340. The SMILES string of the molecule is CC(C)[Si](O[C@@H]1C[C@H](OCc2ccccc2)[C@@H](COCc2ccccc2)O[C@@]1(C)[C@@H](CC(O[C@H]1/C=C\C[C@@H](OCc2ccccc2)[C@H](CO)O[C@@H]1CCO)Sc1ccccc1)OCc1ccccc1)(C(C)C)C(C)C. The first-order valence-electron chi connectivity index (χ1n) is 27.3. The van der Waals surface area contributed by atoms with Crippen LogP contribution in [-0.4, -0.2) is 98.2 Å². The first kappa shape index (κ1) is 58.7. The number of hydrogen-bond donors (Lipinski definition) is 2. The van der Waals surface area contributed by atoms with E-state index in [9.17, 15) is 10.2 Å². The fraction of sp³-hybridized carbons (Fsp3) is 0.492. The Morgan fingerprint density at radius 3 is 1.65 bits per heavy atom. The highest BCUT2D eigenvalue weighted by Gasteiger charge is 2.57. The smallest absolute Gasteiger partial charge is 0.200 e.